The summed E-state index contributed by atoms with van der Waals surface area (Å²) in [6.45, 7) is 2.99. The Morgan fingerprint density at radius 2 is 1.53 bits per heavy atom. The van der Waals surface area contributed by atoms with E-state index in [-0.39, 0.29) is 18.7 Å². The lowest BCUT2D eigenvalue weighted by Crippen LogP contribution is -2.66. The highest BCUT2D eigenvalue weighted by Gasteiger charge is 2.35. The van der Waals surface area contributed by atoms with Crippen LogP contribution in [-0.2, 0) is 0 Å². The highest BCUT2D eigenvalue weighted by atomic mass is 14.9. The Kier molecular flexibility index (Phi) is 7.04. The SMILES string of the molecule is [B]B([B])B(C)N(B([B])[B])B([B])[B]C1(C)CCCCC1. The van der Waals surface area contributed by atoms with Crippen LogP contribution in [0.15, 0.2) is 0 Å². The third-order valence-electron chi connectivity index (χ3n) is 4.28. The van der Waals surface area contributed by atoms with Gasteiger partial charge in [0.05, 0.1) is 13.8 Å². The molecule has 11 heteroatoms. The first-order valence-electron chi connectivity index (χ1n) is 7.18. The first-order valence-corrected chi connectivity index (χ1v) is 7.18. The Hall–Kier alpha value is 0.609. The molecule has 19 heavy (non-hydrogen) atoms. The Morgan fingerprint density at radius 1 is 1.00 bits per heavy atom. The highest BCUT2D eigenvalue weighted by Crippen LogP contribution is 2.41. The van der Waals surface area contributed by atoms with E-state index in [0.29, 0.717) is 0 Å². The maximum atomic E-state index is 6.27. The van der Waals surface area contributed by atoms with Gasteiger partial charge in [-0.2, -0.15) is 0 Å². The minimum Gasteiger partial charge on any atom is -0.460 e. The summed E-state index contributed by atoms with van der Waals surface area (Å²) < 4.78 is 1.78. The number of rotatable bonds is 6. The van der Waals surface area contributed by atoms with E-state index in [1.54, 1.807) is 4.63 Å². The van der Waals surface area contributed by atoms with Gasteiger partial charge in [-0.05, 0) is 0 Å². The zero-order chi connectivity index (χ0) is 14.6. The molecule has 1 fully saturated rings. The monoisotopic (exact) mass is 236 g/mol. The van der Waals surface area contributed by atoms with Crippen LogP contribution in [0.25, 0.3) is 0 Å². The van der Waals surface area contributed by atoms with Crippen LogP contribution in [0.5, 0.6) is 0 Å². The van der Waals surface area contributed by atoms with Crippen LogP contribution in [0.2, 0.25) is 12.1 Å². The Balaban J connectivity index is 2.68. The van der Waals surface area contributed by atoms with Crippen molar-refractivity contribution >= 4 is 72.2 Å². The lowest BCUT2D eigenvalue weighted by molar-refractivity contribution is 0.402. The van der Waals surface area contributed by atoms with Gasteiger partial charge in [-0.1, -0.05) is 51.2 Å². The molecule has 1 aliphatic rings. The first kappa shape index (κ1) is 17.7. The average molecular weight is 234 g/mol. The van der Waals surface area contributed by atoms with Crippen molar-refractivity contribution in [3.8, 4) is 0 Å². The number of hydrogen-bond donors (Lipinski definition) is 0. The van der Waals surface area contributed by atoms with Crippen molar-refractivity contribution in [2.45, 2.75) is 51.2 Å². The Bertz CT molecular complexity index is 268. The summed E-state index contributed by atoms with van der Waals surface area (Å²) in [4.78, 5) is 0. The molecular weight excluding hydrogens is 218 g/mol. The topological polar surface area (TPSA) is 3.24 Å². The fraction of sp³-hybridized carbons (Fsp3) is 1.00. The van der Waals surface area contributed by atoms with E-state index in [1.807, 2.05) is 6.82 Å². The van der Waals surface area contributed by atoms with Crippen LogP contribution in [0.3, 0.4) is 0 Å². The second-order valence-corrected chi connectivity index (χ2v) is 6.13. The van der Waals surface area contributed by atoms with Crippen LogP contribution in [-0.4, -0.2) is 76.9 Å². The standard InChI is InChI=1S/C8H16B10N/c1-8(6-4-3-5-7-8)14-18(13)19(17(11)12)15(2)16(9)10/h3-7H2,1-2H3. The zero-order valence-electron chi connectivity index (χ0n) is 12.3. The lowest BCUT2D eigenvalue weighted by Gasteiger charge is -2.43. The van der Waals surface area contributed by atoms with Crippen LogP contribution in [0.1, 0.15) is 39.0 Å². The van der Waals surface area contributed by atoms with E-state index < -0.39 is 13.0 Å². The third-order valence-corrected chi connectivity index (χ3v) is 4.28. The minimum absolute atomic E-state index is 0.156. The molecule has 0 aliphatic heterocycles. The summed E-state index contributed by atoms with van der Waals surface area (Å²) in [5.41, 5.74) is 0. The molecular formula is C8H16B10N. The summed E-state index contributed by atoms with van der Waals surface area (Å²) in [5, 5.41) is 0.156. The van der Waals surface area contributed by atoms with Crippen molar-refractivity contribution in [2.24, 2.45) is 0 Å². The van der Waals surface area contributed by atoms with Gasteiger partial charge in [0.15, 0.2) is 0 Å². The van der Waals surface area contributed by atoms with Crippen LogP contribution >= 0.6 is 0 Å². The van der Waals surface area contributed by atoms with Gasteiger partial charge in [0.1, 0.15) is 13.4 Å². The fourth-order valence-corrected chi connectivity index (χ4v) is 2.96. The van der Waals surface area contributed by atoms with Gasteiger partial charge in [-0.3, -0.25) is 0 Å². The molecule has 1 nitrogen and oxygen atoms in total. The molecule has 1 rings (SSSR count). The van der Waals surface area contributed by atoms with Crippen molar-refractivity contribution in [1.82, 2.24) is 4.63 Å². The van der Waals surface area contributed by atoms with Gasteiger partial charge in [-0.15, -0.1) is 0 Å². The van der Waals surface area contributed by atoms with Crippen molar-refractivity contribution in [3.63, 3.8) is 0 Å². The fourth-order valence-electron chi connectivity index (χ4n) is 2.96. The predicted molar refractivity (Wildman–Crippen MR) is 96.7 cm³/mol. The molecule has 0 atom stereocenters. The van der Waals surface area contributed by atoms with Crippen molar-refractivity contribution < 1.29 is 0 Å². The summed E-state index contributed by atoms with van der Waals surface area (Å²) in [7, 11) is 31.5. The maximum Gasteiger partial charge on any atom is 0.140 e. The van der Waals surface area contributed by atoms with Gasteiger partial charge < -0.3 is 4.63 Å². The second-order valence-electron chi connectivity index (χ2n) is 6.13. The summed E-state index contributed by atoms with van der Waals surface area (Å²) in [6.07, 6.45) is 5.62. The van der Waals surface area contributed by atoms with E-state index in [2.05, 4.69) is 14.1 Å². The van der Waals surface area contributed by atoms with Crippen LogP contribution in [0, 0.1) is 0 Å². The lowest BCUT2D eigenvalue weighted by atomic mass is 8.91. The molecule has 0 spiro atoms. The van der Waals surface area contributed by atoms with Crippen molar-refractivity contribution in [3.05, 3.63) is 0 Å². The molecule has 0 saturated heterocycles. The Labute approximate surface area is 128 Å². The van der Waals surface area contributed by atoms with E-state index in [4.69, 9.17) is 38.7 Å². The average Bonchev–Trinajstić information content (AvgIpc) is 2.28. The molecule has 0 aromatic rings. The predicted octanol–water partition coefficient (Wildman–Crippen LogP) is -0.864. The molecule has 0 amide bonds. The van der Waals surface area contributed by atoms with Gasteiger partial charge in [0.2, 0.25) is 0 Å². The van der Waals surface area contributed by atoms with E-state index in [1.165, 1.54) is 19.3 Å². The molecule has 0 aromatic heterocycles. The number of hydrogen-bond acceptors (Lipinski definition) is 1. The molecule has 0 aromatic carbocycles. The van der Waals surface area contributed by atoms with Gasteiger partial charge >= 0.3 is 0 Å². The maximum absolute atomic E-state index is 6.27. The minimum atomic E-state index is -0.664. The molecule has 83 valence electrons. The smallest absolute Gasteiger partial charge is 0.140 e. The molecule has 0 heterocycles. The van der Waals surface area contributed by atoms with E-state index in [9.17, 15) is 0 Å². The second kappa shape index (κ2) is 7.57. The van der Waals surface area contributed by atoms with Gasteiger partial charge in [-0.25, -0.2) is 0 Å². The van der Waals surface area contributed by atoms with Crippen LogP contribution < -0.4 is 0 Å². The quantitative estimate of drug-likeness (QED) is 0.540. The molecule has 0 bridgehead atoms. The summed E-state index contributed by atoms with van der Waals surface area (Å²) in [6, 6.07) is 0. The van der Waals surface area contributed by atoms with E-state index in [0.717, 1.165) is 12.8 Å². The molecule has 0 N–H and O–H groups in total. The normalized spacial score (nSPS) is 17.8. The summed E-state index contributed by atoms with van der Waals surface area (Å²) >= 11 is 0. The van der Waals surface area contributed by atoms with Crippen LogP contribution in [0.4, 0.5) is 0 Å². The highest BCUT2D eigenvalue weighted by molar-refractivity contribution is 7.61. The van der Waals surface area contributed by atoms with Gasteiger partial charge in [0, 0.05) is 45.1 Å². The Morgan fingerprint density at radius 3 is 1.95 bits per heavy atom. The third kappa shape index (κ3) is 5.14. The van der Waals surface area contributed by atoms with E-state index >= 15 is 0 Å². The molecule has 1 saturated carbocycles. The largest absolute Gasteiger partial charge is 0.460 e. The molecule has 11 radical (unpaired) electrons. The molecule has 1 aliphatic carbocycles. The summed E-state index contributed by atoms with van der Waals surface area (Å²) in [5.74, 6) is 0. The first-order chi connectivity index (χ1) is 8.77. The van der Waals surface area contributed by atoms with Crippen molar-refractivity contribution in [1.29, 1.82) is 0 Å². The number of nitrogens with zero attached hydrogens (tertiary/aromatic N) is 1. The molecule has 0 unspecified atom stereocenters. The van der Waals surface area contributed by atoms with Gasteiger partial charge in [0.25, 0.3) is 0 Å². The van der Waals surface area contributed by atoms with Crippen molar-refractivity contribution in [2.75, 3.05) is 0 Å². The zero-order valence-corrected chi connectivity index (χ0v) is 12.3.